The molecule has 0 aromatic heterocycles. The van der Waals surface area contributed by atoms with E-state index in [1.165, 1.54) is 22.4 Å². The zero-order chi connectivity index (χ0) is 27.9. The molecule has 2 aliphatic rings. The van der Waals surface area contributed by atoms with Crippen LogP contribution in [0.5, 0.6) is 5.75 Å². The lowest BCUT2D eigenvalue weighted by Crippen LogP contribution is -2.46. The van der Waals surface area contributed by atoms with E-state index in [9.17, 15) is 9.59 Å². The largest absolute Gasteiger partial charge is 0.494 e. The van der Waals surface area contributed by atoms with E-state index in [-0.39, 0.29) is 11.8 Å². The highest BCUT2D eigenvalue weighted by molar-refractivity contribution is 5.99. The van der Waals surface area contributed by atoms with Gasteiger partial charge in [-0.05, 0) is 79.8 Å². The van der Waals surface area contributed by atoms with E-state index in [2.05, 4.69) is 65.4 Å². The number of nitrogens with one attached hydrogen (secondary N) is 1. The Kier molecular flexibility index (Phi) is 9.01. The highest BCUT2D eigenvalue weighted by Gasteiger charge is 2.22. The van der Waals surface area contributed by atoms with Crippen molar-refractivity contribution in [3.05, 3.63) is 89.0 Å². The molecule has 0 aliphatic carbocycles. The molecule has 2 fully saturated rings. The molecule has 7 heteroatoms. The normalized spacial score (nSPS) is 15.9. The number of hydrogen-bond donors (Lipinski definition) is 1. The highest BCUT2D eigenvalue weighted by Crippen LogP contribution is 2.25. The number of rotatable bonds is 10. The Balaban J connectivity index is 1.03. The van der Waals surface area contributed by atoms with Crippen LogP contribution in [0.2, 0.25) is 0 Å². The average molecular weight is 541 g/mol. The van der Waals surface area contributed by atoms with Crippen LogP contribution in [0.3, 0.4) is 0 Å². The van der Waals surface area contributed by atoms with Crippen LogP contribution in [0.4, 0.5) is 11.4 Å². The van der Waals surface area contributed by atoms with Crippen molar-refractivity contribution >= 4 is 23.2 Å². The first-order valence-electron chi connectivity index (χ1n) is 14.4. The van der Waals surface area contributed by atoms with Crippen LogP contribution in [0.25, 0.3) is 0 Å². The molecule has 210 valence electrons. The van der Waals surface area contributed by atoms with Crippen LogP contribution >= 0.6 is 0 Å². The van der Waals surface area contributed by atoms with Gasteiger partial charge in [0.2, 0.25) is 5.91 Å². The summed E-state index contributed by atoms with van der Waals surface area (Å²) in [7, 11) is 0. The van der Waals surface area contributed by atoms with Crippen LogP contribution in [0.15, 0.2) is 66.7 Å². The third-order valence-electron chi connectivity index (χ3n) is 7.96. The molecule has 0 spiro atoms. The van der Waals surface area contributed by atoms with E-state index in [0.717, 1.165) is 50.6 Å². The maximum absolute atomic E-state index is 12.6. The minimum atomic E-state index is -0.131. The Hall–Kier alpha value is -3.84. The number of carbonyl (C=O) groups excluding carboxylic acids is 2. The molecule has 0 unspecified atom stereocenters. The molecule has 3 aromatic carbocycles. The van der Waals surface area contributed by atoms with Crippen LogP contribution < -0.4 is 19.9 Å². The Morgan fingerprint density at radius 1 is 0.925 bits per heavy atom. The van der Waals surface area contributed by atoms with Crippen molar-refractivity contribution in [2.24, 2.45) is 0 Å². The van der Waals surface area contributed by atoms with Gasteiger partial charge in [-0.2, -0.15) is 0 Å². The summed E-state index contributed by atoms with van der Waals surface area (Å²) in [5, 5.41) is 2.97. The first-order valence-corrected chi connectivity index (χ1v) is 14.4. The van der Waals surface area contributed by atoms with Gasteiger partial charge in [-0.3, -0.25) is 14.5 Å². The third-order valence-corrected chi connectivity index (χ3v) is 7.96. The number of benzene rings is 3. The van der Waals surface area contributed by atoms with E-state index in [1.54, 1.807) is 17.0 Å². The number of hydrogen-bond acceptors (Lipinski definition) is 5. The van der Waals surface area contributed by atoms with Gasteiger partial charge in [-0.25, -0.2) is 0 Å². The van der Waals surface area contributed by atoms with Gasteiger partial charge in [0, 0.05) is 69.2 Å². The van der Waals surface area contributed by atoms with E-state index in [1.807, 2.05) is 18.2 Å². The van der Waals surface area contributed by atoms with Crippen molar-refractivity contribution in [2.75, 3.05) is 55.7 Å². The monoisotopic (exact) mass is 540 g/mol. The first-order chi connectivity index (χ1) is 19.5. The molecular formula is C33H40N4O3. The maximum atomic E-state index is 12.6. The van der Waals surface area contributed by atoms with Crippen molar-refractivity contribution in [1.29, 1.82) is 0 Å². The second-order valence-electron chi connectivity index (χ2n) is 10.8. The van der Waals surface area contributed by atoms with Crippen LogP contribution in [0, 0.1) is 13.8 Å². The van der Waals surface area contributed by atoms with E-state index < -0.39 is 0 Å². The Bertz CT molecular complexity index is 1330. The molecule has 5 rings (SSSR count). The average Bonchev–Trinajstić information content (AvgIpc) is 3.41. The fraction of sp³-hybridized carbons (Fsp3) is 0.394. The molecule has 40 heavy (non-hydrogen) atoms. The summed E-state index contributed by atoms with van der Waals surface area (Å²) < 4.78 is 6.00. The van der Waals surface area contributed by atoms with E-state index in [4.69, 9.17) is 4.74 Å². The standard InChI is InChI=1S/C33H40N4O3/c1-25-8-3-13-31(26(25)2)36-19-17-35(18-20-36)24-27-9-4-12-30(22-27)40-21-7-15-34-33(39)28-10-5-11-29(23-28)37-16-6-14-32(37)38/h3-5,8-13,22-23H,6-7,14-21,24H2,1-2H3,(H,34,39). The van der Waals surface area contributed by atoms with Crippen LogP contribution in [-0.4, -0.2) is 62.6 Å². The predicted octanol–water partition coefficient (Wildman–Crippen LogP) is 4.95. The van der Waals surface area contributed by atoms with Gasteiger partial charge in [-0.1, -0.05) is 30.3 Å². The lowest BCUT2D eigenvalue weighted by molar-refractivity contribution is -0.117. The number of anilines is 2. The second-order valence-corrected chi connectivity index (χ2v) is 10.8. The first kappa shape index (κ1) is 27.7. The summed E-state index contributed by atoms with van der Waals surface area (Å²) in [5.74, 6) is 0.850. The van der Waals surface area contributed by atoms with Gasteiger partial charge in [0.15, 0.2) is 0 Å². The molecule has 2 amide bonds. The number of aryl methyl sites for hydroxylation is 1. The topological polar surface area (TPSA) is 65.1 Å². The number of nitrogens with zero attached hydrogens (tertiary/aromatic N) is 3. The van der Waals surface area contributed by atoms with E-state index >= 15 is 0 Å². The summed E-state index contributed by atoms with van der Waals surface area (Å²) in [6.07, 6.45) is 2.15. The second kappa shape index (κ2) is 13.0. The molecule has 0 saturated carbocycles. The molecular weight excluding hydrogens is 500 g/mol. The Labute approximate surface area is 237 Å². The van der Waals surface area contributed by atoms with Gasteiger partial charge in [0.25, 0.3) is 5.91 Å². The Morgan fingerprint density at radius 3 is 2.52 bits per heavy atom. The highest BCUT2D eigenvalue weighted by atomic mass is 16.5. The van der Waals surface area contributed by atoms with Crippen molar-refractivity contribution in [3.63, 3.8) is 0 Å². The molecule has 1 N–H and O–H groups in total. The summed E-state index contributed by atoms with van der Waals surface area (Å²) in [4.78, 5) is 31.4. The predicted molar refractivity (Wildman–Crippen MR) is 160 cm³/mol. The van der Waals surface area contributed by atoms with Crippen molar-refractivity contribution in [3.8, 4) is 5.75 Å². The lowest BCUT2D eigenvalue weighted by Gasteiger charge is -2.37. The van der Waals surface area contributed by atoms with E-state index in [0.29, 0.717) is 38.1 Å². The SMILES string of the molecule is Cc1cccc(N2CCN(Cc3cccc(OCCCNC(=O)c4cccc(N5CCCC5=O)c4)c3)CC2)c1C. The molecule has 7 nitrogen and oxygen atoms in total. The van der Waals surface area contributed by atoms with Gasteiger partial charge in [0.05, 0.1) is 6.61 Å². The number of carbonyl (C=O) groups is 2. The lowest BCUT2D eigenvalue weighted by atomic mass is 10.1. The minimum absolute atomic E-state index is 0.120. The summed E-state index contributed by atoms with van der Waals surface area (Å²) >= 11 is 0. The fourth-order valence-electron chi connectivity index (χ4n) is 5.52. The van der Waals surface area contributed by atoms with Crippen molar-refractivity contribution in [1.82, 2.24) is 10.2 Å². The fourth-order valence-corrected chi connectivity index (χ4v) is 5.52. The Morgan fingerprint density at radius 2 is 1.73 bits per heavy atom. The summed E-state index contributed by atoms with van der Waals surface area (Å²) in [5.41, 5.74) is 6.70. The van der Waals surface area contributed by atoms with Gasteiger partial charge < -0.3 is 19.9 Å². The number of ether oxygens (including phenoxy) is 1. The van der Waals surface area contributed by atoms with Gasteiger partial charge in [0.1, 0.15) is 5.75 Å². The summed E-state index contributed by atoms with van der Waals surface area (Å²) in [6, 6.07) is 22.2. The zero-order valence-electron chi connectivity index (χ0n) is 23.7. The molecule has 2 heterocycles. The van der Waals surface area contributed by atoms with Gasteiger partial charge >= 0.3 is 0 Å². The zero-order valence-corrected chi connectivity index (χ0v) is 23.7. The number of amides is 2. The molecule has 0 bridgehead atoms. The van der Waals surface area contributed by atoms with Crippen molar-refractivity contribution in [2.45, 2.75) is 39.7 Å². The number of piperazine rings is 1. The molecule has 3 aromatic rings. The van der Waals surface area contributed by atoms with Crippen LogP contribution in [0.1, 0.15) is 46.3 Å². The van der Waals surface area contributed by atoms with Crippen LogP contribution in [-0.2, 0) is 11.3 Å². The quantitative estimate of drug-likeness (QED) is 0.369. The molecule has 0 atom stereocenters. The van der Waals surface area contributed by atoms with Gasteiger partial charge in [-0.15, -0.1) is 0 Å². The molecule has 2 aliphatic heterocycles. The summed E-state index contributed by atoms with van der Waals surface area (Å²) in [6.45, 7) is 11.2. The van der Waals surface area contributed by atoms with Crippen molar-refractivity contribution < 1.29 is 14.3 Å². The smallest absolute Gasteiger partial charge is 0.251 e. The molecule has 0 radical (unpaired) electrons. The molecule has 2 saturated heterocycles. The maximum Gasteiger partial charge on any atom is 0.251 e. The minimum Gasteiger partial charge on any atom is -0.494 e. The third kappa shape index (κ3) is 6.83.